The van der Waals surface area contributed by atoms with Gasteiger partial charge in [0, 0.05) is 21.5 Å². The summed E-state index contributed by atoms with van der Waals surface area (Å²) in [6.07, 6.45) is -1.89. The Morgan fingerprint density at radius 2 is 2.07 bits per heavy atom. The molecular weight excluding hydrogens is 266 g/mol. The van der Waals surface area contributed by atoms with Gasteiger partial charge in [0.05, 0.1) is 6.10 Å². The molecule has 0 fully saturated rings. The summed E-state index contributed by atoms with van der Waals surface area (Å²) in [6.45, 7) is 0. The van der Waals surface area contributed by atoms with Gasteiger partial charge in [0.25, 0.3) is 0 Å². The number of aliphatic hydroxyl groups is 2. The van der Waals surface area contributed by atoms with Crippen molar-refractivity contribution in [3.63, 3.8) is 0 Å². The number of nitrogen functional groups attached to an aromatic ring is 1. The lowest BCUT2D eigenvalue weighted by atomic mass is 10.0. The van der Waals surface area contributed by atoms with Crippen molar-refractivity contribution in [2.24, 2.45) is 0 Å². The fraction of sp³-hybridized carbons (Fsp3) is 0.333. The highest BCUT2D eigenvalue weighted by molar-refractivity contribution is 9.10. The van der Waals surface area contributed by atoms with Crippen LogP contribution in [0.3, 0.4) is 0 Å². The molecule has 78 valence electrons. The number of rotatable bonds is 3. The third kappa shape index (κ3) is 2.63. The summed E-state index contributed by atoms with van der Waals surface area (Å²) < 4.78 is 0.839. The van der Waals surface area contributed by atoms with Crippen LogP contribution in [0.5, 0.6) is 0 Å². The summed E-state index contributed by atoms with van der Waals surface area (Å²) in [6, 6.07) is 5.13. The Hall–Kier alpha value is -0.230. The Kier molecular flexibility index (Phi) is 4.25. The van der Waals surface area contributed by atoms with Gasteiger partial charge in [0.1, 0.15) is 6.10 Å². The minimum absolute atomic E-state index is 0.191. The topological polar surface area (TPSA) is 66.5 Å². The molecule has 1 aromatic carbocycles. The van der Waals surface area contributed by atoms with E-state index in [4.69, 9.17) is 5.73 Å². The van der Waals surface area contributed by atoms with Crippen molar-refractivity contribution in [3.8, 4) is 0 Å². The van der Waals surface area contributed by atoms with Gasteiger partial charge in [-0.15, -0.1) is 0 Å². The van der Waals surface area contributed by atoms with E-state index in [1.165, 1.54) is 0 Å². The van der Waals surface area contributed by atoms with Crippen molar-refractivity contribution < 1.29 is 10.2 Å². The molecule has 0 aliphatic rings. The summed E-state index contributed by atoms with van der Waals surface area (Å²) >= 11 is 7.16. The monoisotopic (exact) mass is 277 g/mol. The second-order valence-electron chi connectivity index (χ2n) is 2.97. The maximum atomic E-state index is 9.67. The van der Waals surface area contributed by atoms with E-state index in [9.17, 15) is 10.2 Å². The number of hydrogen-bond acceptors (Lipinski definition) is 4. The molecule has 1 rings (SSSR count). The van der Waals surface area contributed by atoms with Gasteiger partial charge in [-0.1, -0.05) is 22.0 Å². The summed E-state index contributed by atoms with van der Waals surface area (Å²) in [7, 11) is 0. The number of anilines is 1. The Balaban J connectivity index is 2.95. The Morgan fingerprint density at radius 3 is 2.57 bits per heavy atom. The van der Waals surface area contributed by atoms with E-state index >= 15 is 0 Å². The molecule has 0 spiro atoms. The van der Waals surface area contributed by atoms with E-state index in [2.05, 4.69) is 28.6 Å². The van der Waals surface area contributed by atoms with Gasteiger partial charge < -0.3 is 15.9 Å². The molecule has 0 radical (unpaired) electrons. The third-order valence-corrected chi connectivity index (χ3v) is 2.79. The Labute approximate surface area is 96.5 Å². The maximum absolute atomic E-state index is 9.67. The van der Waals surface area contributed by atoms with Crippen molar-refractivity contribution in [2.45, 2.75) is 12.2 Å². The fourth-order valence-electron chi connectivity index (χ4n) is 1.12. The van der Waals surface area contributed by atoms with Gasteiger partial charge in [-0.2, -0.15) is 12.6 Å². The van der Waals surface area contributed by atoms with Gasteiger partial charge in [-0.3, -0.25) is 0 Å². The lowest BCUT2D eigenvalue weighted by Gasteiger charge is -2.17. The smallest absolute Gasteiger partial charge is 0.108 e. The predicted molar refractivity (Wildman–Crippen MR) is 63.4 cm³/mol. The maximum Gasteiger partial charge on any atom is 0.108 e. The number of benzene rings is 1. The van der Waals surface area contributed by atoms with Gasteiger partial charge in [0.15, 0.2) is 0 Å². The summed E-state index contributed by atoms with van der Waals surface area (Å²) in [5.74, 6) is 0.191. The largest absolute Gasteiger partial charge is 0.398 e. The zero-order chi connectivity index (χ0) is 10.7. The minimum atomic E-state index is -0.986. The quantitative estimate of drug-likeness (QED) is 0.498. The molecule has 5 heteroatoms. The second kappa shape index (κ2) is 5.02. The van der Waals surface area contributed by atoms with Crippen LogP contribution in [0.4, 0.5) is 5.69 Å². The van der Waals surface area contributed by atoms with Crippen LogP contribution >= 0.6 is 28.6 Å². The summed E-state index contributed by atoms with van der Waals surface area (Å²) in [4.78, 5) is 0. The van der Waals surface area contributed by atoms with Gasteiger partial charge in [0.2, 0.25) is 0 Å². The van der Waals surface area contributed by atoms with Crippen LogP contribution in [0.15, 0.2) is 22.7 Å². The predicted octanol–water partition coefficient (Wildman–Crippen LogP) is 1.36. The molecule has 0 amide bonds. The van der Waals surface area contributed by atoms with E-state index in [1.807, 2.05) is 0 Å². The molecule has 3 nitrogen and oxygen atoms in total. The molecule has 2 unspecified atom stereocenters. The highest BCUT2D eigenvalue weighted by Gasteiger charge is 2.18. The van der Waals surface area contributed by atoms with Crippen LogP contribution in [0.25, 0.3) is 0 Å². The van der Waals surface area contributed by atoms with Crippen molar-refractivity contribution in [2.75, 3.05) is 11.5 Å². The molecule has 14 heavy (non-hydrogen) atoms. The van der Waals surface area contributed by atoms with E-state index < -0.39 is 12.2 Å². The molecule has 0 aliphatic carbocycles. The van der Waals surface area contributed by atoms with Crippen molar-refractivity contribution in [1.82, 2.24) is 0 Å². The Bertz CT molecular complexity index is 322. The SMILES string of the molecule is Nc1cc(Br)ccc1C(O)C(O)CS. The number of nitrogens with two attached hydrogens (primary N) is 1. The van der Waals surface area contributed by atoms with Crippen molar-refractivity contribution in [3.05, 3.63) is 28.2 Å². The van der Waals surface area contributed by atoms with Crippen molar-refractivity contribution in [1.29, 1.82) is 0 Å². The Morgan fingerprint density at radius 1 is 1.43 bits per heavy atom. The van der Waals surface area contributed by atoms with Crippen LogP contribution in [0.2, 0.25) is 0 Å². The first-order valence-electron chi connectivity index (χ1n) is 4.08. The van der Waals surface area contributed by atoms with E-state index in [1.54, 1.807) is 18.2 Å². The molecule has 0 aliphatic heterocycles. The molecule has 2 atom stereocenters. The van der Waals surface area contributed by atoms with Crippen LogP contribution in [0.1, 0.15) is 11.7 Å². The zero-order valence-corrected chi connectivity index (χ0v) is 9.87. The van der Waals surface area contributed by atoms with Gasteiger partial charge in [-0.25, -0.2) is 0 Å². The van der Waals surface area contributed by atoms with Crippen molar-refractivity contribution >= 4 is 34.2 Å². The molecule has 0 saturated heterocycles. The number of aliphatic hydroxyl groups excluding tert-OH is 2. The normalized spacial score (nSPS) is 15.1. The minimum Gasteiger partial charge on any atom is -0.398 e. The highest BCUT2D eigenvalue weighted by Crippen LogP contribution is 2.26. The molecule has 0 aromatic heterocycles. The first-order chi connectivity index (χ1) is 6.56. The lowest BCUT2D eigenvalue weighted by molar-refractivity contribution is 0.0342. The zero-order valence-electron chi connectivity index (χ0n) is 7.39. The second-order valence-corrected chi connectivity index (χ2v) is 4.25. The highest BCUT2D eigenvalue weighted by atomic mass is 79.9. The van der Waals surface area contributed by atoms with Gasteiger partial charge >= 0.3 is 0 Å². The molecular formula is C9H12BrNO2S. The third-order valence-electron chi connectivity index (χ3n) is 1.92. The fourth-order valence-corrected chi connectivity index (χ4v) is 1.70. The molecule has 4 N–H and O–H groups in total. The number of halogens is 1. The van der Waals surface area contributed by atoms with E-state index in [-0.39, 0.29) is 5.75 Å². The van der Waals surface area contributed by atoms with Crippen LogP contribution in [-0.4, -0.2) is 22.1 Å². The molecule has 1 aromatic rings. The van der Waals surface area contributed by atoms with Crippen LogP contribution in [-0.2, 0) is 0 Å². The van der Waals surface area contributed by atoms with E-state index in [0.29, 0.717) is 11.3 Å². The standard InChI is InChI=1S/C9H12BrNO2S/c10-5-1-2-6(7(11)3-5)9(13)8(12)4-14/h1-3,8-9,12-14H,4,11H2. The van der Waals surface area contributed by atoms with Gasteiger partial charge in [-0.05, 0) is 12.1 Å². The van der Waals surface area contributed by atoms with Crippen LogP contribution in [0, 0.1) is 0 Å². The first kappa shape index (κ1) is 11.8. The summed E-state index contributed by atoms with van der Waals surface area (Å²) in [5.41, 5.74) is 6.66. The number of thiol groups is 1. The lowest BCUT2D eigenvalue weighted by Crippen LogP contribution is -2.20. The summed E-state index contributed by atoms with van der Waals surface area (Å²) in [5, 5.41) is 19.0. The van der Waals surface area contributed by atoms with E-state index in [0.717, 1.165) is 4.47 Å². The average Bonchev–Trinajstić information content (AvgIpc) is 2.15. The molecule has 0 saturated carbocycles. The average molecular weight is 278 g/mol. The number of hydrogen-bond donors (Lipinski definition) is 4. The molecule has 0 heterocycles. The molecule has 0 bridgehead atoms. The first-order valence-corrected chi connectivity index (χ1v) is 5.50. The van der Waals surface area contributed by atoms with Crippen LogP contribution < -0.4 is 5.73 Å².